The molecule has 9 rings (SSSR count). The number of nitrogens with zero attached hydrogens (tertiary/aromatic N) is 3. The topological polar surface area (TPSA) is 43.9 Å². The summed E-state index contributed by atoms with van der Waals surface area (Å²) in [6.45, 7) is 0. The highest BCUT2D eigenvalue weighted by Gasteiger charge is 2.20. The zero-order chi connectivity index (χ0) is 27.6. The molecule has 0 N–H and O–H groups in total. The van der Waals surface area contributed by atoms with Crippen LogP contribution in [0.1, 0.15) is 0 Å². The van der Waals surface area contributed by atoms with Gasteiger partial charge in [0, 0.05) is 50.5 Å². The first kappa shape index (κ1) is 23.0. The molecule has 9 aromatic rings. The monoisotopic (exact) mass is 537 g/mol. The third-order valence-corrected chi connectivity index (χ3v) is 8.28. The highest BCUT2D eigenvalue weighted by Crippen LogP contribution is 2.41. The lowest BCUT2D eigenvalue weighted by Crippen LogP contribution is -1.96. The minimum atomic E-state index is 0.857. The number of benzene rings is 5. The maximum absolute atomic E-state index is 6.62. The van der Waals surface area contributed by atoms with E-state index in [1.165, 1.54) is 10.8 Å². The van der Waals surface area contributed by atoms with Crippen molar-refractivity contribution in [3.63, 3.8) is 0 Å². The summed E-state index contributed by atoms with van der Waals surface area (Å²) in [6.07, 6.45) is 3.71. The van der Waals surface area contributed by atoms with Gasteiger partial charge >= 0.3 is 0 Å². The highest BCUT2D eigenvalue weighted by molar-refractivity contribution is 6.14. The summed E-state index contributed by atoms with van der Waals surface area (Å²) in [7, 11) is 0. The molecule has 0 saturated carbocycles. The van der Waals surface area contributed by atoms with E-state index in [-0.39, 0.29) is 0 Å². The van der Waals surface area contributed by atoms with E-state index >= 15 is 0 Å². The Morgan fingerprint density at radius 1 is 0.524 bits per heavy atom. The summed E-state index contributed by atoms with van der Waals surface area (Å²) >= 11 is 0. The van der Waals surface area contributed by atoms with Crippen LogP contribution in [0.5, 0.6) is 0 Å². The molecule has 0 aliphatic heterocycles. The molecule has 0 fully saturated rings. The largest absolute Gasteiger partial charge is 0.454 e. The first-order valence-electron chi connectivity index (χ1n) is 14.1. The Balaban J connectivity index is 1.42. The van der Waals surface area contributed by atoms with Gasteiger partial charge in [-0.25, -0.2) is 0 Å². The molecule has 0 amide bonds. The fourth-order valence-corrected chi connectivity index (χ4v) is 6.39. The Kier molecular flexibility index (Phi) is 4.87. The minimum Gasteiger partial charge on any atom is -0.454 e. The van der Waals surface area contributed by atoms with Gasteiger partial charge in [0.1, 0.15) is 5.58 Å². The normalized spacial score (nSPS) is 11.8. The highest BCUT2D eigenvalue weighted by atomic mass is 16.3. The Morgan fingerprint density at radius 2 is 1.33 bits per heavy atom. The number of hydrogen-bond acceptors (Lipinski definition) is 3. The Morgan fingerprint density at radius 3 is 2.26 bits per heavy atom. The molecule has 0 saturated heterocycles. The number of furan rings is 1. The van der Waals surface area contributed by atoms with E-state index in [9.17, 15) is 0 Å². The first-order valence-corrected chi connectivity index (χ1v) is 14.1. The van der Waals surface area contributed by atoms with Crippen molar-refractivity contribution in [2.24, 2.45) is 0 Å². The average Bonchev–Trinajstić information content (AvgIpc) is 3.60. The summed E-state index contributed by atoms with van der Waals surface area (Å²) in [5, 5.41) is 5.68. The van der Waals surface area contributed by atoms with Crippen molar-refractivity contribution >= 4 is 54.6 Å². The minimum absolute atomic E-state index is 0.857. The van der Waals surface area contributed by atoms with E-state index in [2.05, 4.69) is 102 Å². The fourth-order valence-electron chi connectivity index (χ4n) is 6.39. The van der Waals surface area contributed by atoms with Gasteiger partial charge in [-0.1, -0.05) is 78.9 Å². The second kappa shape index (κ2) is 8.88. The summed E-state index contributed by atoms with van der Waals surface area (Å²) < 4.78 is 8.97. The van der Waals surface area contributed by atoms with Gasteiger partial charge in [0.2, 0.25) is 0 Å². The molecule has 42 heavy (non-hydrogen) atoms. The van der Waals surface area contributed by atoms with Crippen molar-refractivity contribution in [1.29, 1.82) is 0 Å². The molecule has 0 spiro atoms. The van der Waals surface area contributed by atoms with Crippen LogP contribution in [0.25, 0.3) is 82.7 Å². The summed E-state index contributed by atoms with van der Waals surface area (Å²) in [5.74, 6) is 0. The van der Waals surface area contributed by atoms with Crippen LogP contribution >= 0.6 is 0 Å². The van der Waals surface area contributed by atoms with E-state index in [1.54, 1.807) is 0 Å². The Labute approximate surface area is 241 Å². The fraction of sp³-hybridized carbons (Fsp3) is 0. The summed E-state index contributed by atoms with van der Waals surface area (Å²) in [4.78, 5) is 9.45. The van der Waals surface area contributed by atoms with E-state index < -0.39 is 0 Å². The van der Waals surface area contributed by atoms with Gasteiger partial charge in [-0.15, -0.1) is 0 Å². The number of aromatic nitrogens is 3. The van der Waals surface area contributed by atoms with Crippen LogP contribution in [0.2, 0.25) is 0 Å². The van der Waals surface area contributed by atoms with Crippen LogP contribution in [-0.2, 0) is 0 Å². The quantitative estimate of drug-likeness (QED) is 0.225. The average molecular weight is 538 g/mol. The van der Waals surface area contributed by atoms with Crippen LogP contribution in [0.15, 0.2) is 144 Å². The van der Waals surface area contributed by atoms with Gasteiger partial charge in [-0.3, -0.25) is 9.97 Å². The van der Waals surface area contributed by atoms with E-state index in [4.69, 9.17) is 14.4 Å². The van der Waals surface area contributed by atoms with Gasteiger partial charge in [-0.05, 0) is 54.1 Å². The Bertz CT molecular complexity index is 2460. The van der Waals surface area contributed by atoms with Crippen LogP contribution < -0.4 is 0 Å². The first-order chi connectivity index (χ1) is 20.8. The molecule has 4 nitrogen and oxygen atoms in total. The van der Waals surface area contributed by atoms with E-state index in [0.29, 0.717) is 0 Å². The molecule has 0 atom stereocenters. The second-order valence-electron chi connectivity index (χ2n) is 10.7. The number of para-hydroxylation sites is 3. The van der Waals surface area contributed by atoms with Gasteiger partial charge in [-0.2, -0.15) is 0 Å². The van der Waals surface area contributed by atoms with Crippen LogP contribution in [0, 0.1) is 0 Å². The smallest absolute Gasteiger partial charge is 0.159 e. The van der Waals surface area contributed by atoms with Crippen molar-refractivity contribution < 1.29 is 4.42 Å². The van der Waals surface area contributed by atoms with Gasteiger partial charge in [0.25, 0.3) is 0 Å². The summed E-state index contributed by atoms with van der Waals surface area (Å²) in [6, 6.07) is 44.5. The zero-order valence-electron chi connectivity index (χ0n) is 22.5. The maximum Gasteiger partial charge on any atom is 0.159 e. The number of fused-ring (bicyclic) bond motifs is 7. The molecule has 4 heterocycles. The summed E-state index contributed by atoms with van der Waals surface area (Å²) in [5.41, 5.74) is 10.2. The molecular formula is C38H23N3O. The molecular weight excluding hydrogens is 514 g/mol. The number of hydrogen-bond donors (Lipinski definition) is 0. The van der Waals surface area contributed by atoms with Crippen LogP contribution in [0.3, 0.4) is 0 Å². The van der Waals surface area contributed by atoms with Crippen LogP contribution in [0.4, 0.5) is 0 Å². The molecule has 0 radical (unpaired) electrons. The third-order valence-electron chi connectivity index (χ3n) is 8.28. The predicted octanol–water partition coefficient (Wildman–Crippen LogP) is 9.96. The molecule has 4 heteroatoms. The zero-order valence-corrected chi connectivity index (χ0v) is 22.5. The maximum atomic E-state index is 6.62. The van der Waals surface area contributed by atoms with E-state index in [0.717, 1.165) is 71.9 Å². The molecule has 0 unspecified atom stereocenters. The standard InChI is InChI=1S/C38H23N3O/c1-3-15-33-28(11-1)29-18-17-25(27-13-7-9-24-10-8-20-40-37(24)27)22-34(29)41(33)35-23-26(32-14-5-6-19-39-32)21-31-30-12-2-4-16-36(30)42-38(31)35/h1-23H. The van der Waals surface area contributed by atoms with Crippen molar-refractivity contribution in [3.8, 4) is 28.1 Å². The number of pyridine rings is 2. The second-order valence-corrected chi connectivity index (χ2v) is 10.7. The van der Waals surface area contributed by atoms with Crippen LogP contribution in [-0.4, -0.2) is 14.5 Å². The van der Waals surface area contributed by atoms with E-state index in [1.807, 2.05) is 42.7 Å². The van der Waals surface area contributed by atoms with Crippen molar-refractivity contribution in [3.05, 3.63) is 140 Å². The van der Waals surface area contributed by atoms with Crippen molar-refractivity contribution in [1.82, 2.24) is 14.5 Å². The molecule has 0 aliphatic carbocycles. The van der Waals surface area contributed by atoms with Crippen molar-refractivity contribution in [2.45, 2.75) is 0 Å². The lowest BCUT2D eigenvalue weighted by atomic mass is 10.0. The molecule has 196 valence electrons. The van der Waals surface area contributed by atoms with Crippen molar-refractivity contribution in [2.75, 3.05) is 0 Å². The van der Waals surface area contributed by atoms with Gasteiger partial charge in [0.05, 0.1) is 27.9 Å². The molecule has 0 aliphatic rings. The SMILES string of the molecule is c1ccc(-c2cc(-n3c4ccccc4c4ccc(-c5cccc6cccnc56)cc43)c3oc4ccccc4c3c2)nc1. The lowest BCUT2D eigenvalue weighted by Gasteiger charge is -2.12. The Hall–Kier alpha value is -5.74. The molecule has 0 bridgehead atoms. The lowest BCUT2D eigenvalue weighted by molar-refractivity contribution is 0.666. The number of rotatable bonds is 3. The molecule has 5 aromatic carbocycles. The van der Waals surface area contributed by atoms with Gasteiger partial charge in [0.15, 0.2) is 5.58 Å². The van der Waals surface area contributed by atoms with Gasteiger partial charge < -0.3 is 8.98 Å². The molecule has 4 aromatic heterocycles. The predicted molar refractivity (Wildman–Crippen MR) is 172 cm³/mol. The third kappa shape index (κ3) is 3.36.